The molecule has 0 bridgehead atoms. The maximum Gasteiger partial charge on any atom is 0.238 e. The van der Waals surface area contributed by atoms with Crippen LogP contribution in [-0.4, -0.2) is 17.9 Å². The van der Waals surface area contributed by atoms with Crippen LogP contribution in [0.4, 0.5) is 5.69 Å². The lowest BCUT2D eigenvalue weighted by Gasteiger charge is -2.26. The molecule has 0 unspecified atom stereocenters. The molecule has 0 spiro atoms. The second-order valence-electron chi connectivity index (χ2n) is 5.45. The van der Waals surface area contributed by atoms with E-state index in [1.54, 1.807) is 11.1 Å². The molecule has 1 amide bonds. The zero-order valence-electron chi connectivity index (χ0n) is 11.7. The van der Waals surface area contributed by atoms with Crippen LogP contribution >= 0.6 is 0 Å². The first-order valence-electron chi connectivity index (χ1n) is 6.78. The third-order valence-corrected chi connectivity index (χ3v) is 4.30. The maximum absolute atomic E-state index is 12.5. The number of carbonyl (C=O) groups is 1. The number of carbonyl (C=O) groups excluding carboxylic acids is 1. The lowest BCUT2D eigenvalue weighted by Crippen LogP contribution is -2.38. The van der Waals surface area contributed by atoms with Crippen LogP contribution in [0, 0.1) is 5.92 Å². The molecule has 2 heterocycles. The zero-order chi connectivity index (χ0) is 13.3. The SMILES string of the molecule is CCC(CC)C[C@@]1(C)C(=O)N(C)c2cccnc21. The molecule has 3 nitrogen and oxygen atoms in total. The molecule has 0 aliphatic carbocycles. The highest BCUT2D eigenvalue weighted by atomic mass is 16.2. The topological polar surface area (TPSA) is 33.2 Å². The first-order valence-corrected chi connectivity index (χ1v) is 6.78. The van der Waals surface area contributed by atoms with Gasteiger partial charge in [-0.3, -0.25) is 9.78 Å². The standard InChI is InChI=1S/C15H22N2O/c1-5-11(6-2)10-15(3)13-12(8-7-9-16-13)17(4)14(15)18/h7-9,11H,5-6,10H2,1-4H3/t15-/m1/s1. The van der Waals surface area contributed by atoms with Gasteiger partial charge in [-0.25, -0.2) is 0 Å². The number of likely N-dealkylation sites (N-methyl/N-ethyl adjacent to an activating group) is 1. The van der Waals surface area contributed by atoms with Gasteiger partial charge in [-0.15, -0.1) is 0 Å². The van der Waals surface area contributed by atoms with Gasteiger partial charge in [0.15, 0.2) is 0 Å². The Morgan fingerprint density at radius 1 is 1.39 bits per heavy atom. The maximum atomic E-state index is 12.5. The van der Waals surface area contributed by atoms with E-state index in [1.807, 2.05) is 26.1 Å². The number of rotatable bonds is 4. The molecule has 1 aliphatic rings. The van der Waals surface area contributed by atoms with Crippen molar-refractivity contribution in [1.29, 1.82) is 0 Å². The fourth-order valence-electron chi connectivity index (χ4n) is 3.01. The minimum Gasteiger partial charge on any atom is -0.313 e. The molecule has 1 aliphatic heterocycles. The fourth-order valence-corrected chi connectivity index (χ4v) is 3.01. The van der Waals surface area contributed by atoms with Crippen LogP contribution in [0.2, 0.25) is 0 Å². The zero-order valence-corrected chi connectivity index (χ0v) is 11.7. The van der Waals surface area contributed by atoms with Crippen LogP contribution in [0.25, 0.3) is 0 Å². The summed E-state index contributed by atoms with van der Waals surface area (Å²) in [5.41, 5.74) is 1.47. The molecule has 18 heavy (non-hydrogen) atoms. The minimum absolute atomic E-state index is 0.183. The van der Waals surface area contributed by atoms with E-state index in [0.29, 0.717) is 5.92 Å². The average molecular weight is 246 g/mol. The molecule has 0 fully saturated rings. The van der Waals surface area contributed by atoms with E-state index in [1.165, 1.54) is 0 Å². The summed E-state index contributed by atoms with van der Waals surface area (Å²) in [7, 11) is 1.85. The highest BCUT2D eigenvalue weighted by molar-refractivity contribution is 6.06. The minimum atomic E-state index is -0.442. The van der Waals surface area contributed by atoms with E-state index in [4.69, 9.17) is 0 Å². The van der Waals surface area contributed by atoms with Gasteiger partial charge in [-0.1, -0.05) is 26.7 Å². The molecule has 0 radical (unpaired) electrons. The Morgan fingerprint density at radius 2 is 2.06 bits per heavy atom. The number of hydrogen-bond donors (Lipinski definition) is 0. The fraction of sp³-hybridized carbons (Fsp3) is 0.600. The average Bonchev–Trinajstić information content (AvgIpc) is 2.59. The normalized spacial score (nSPS) is 22.7. The Morgan fingerprint density at radius 3 is 2.67 bits per heavy atom. The molecule has 1 aromatic heterocycles. The molecular formula is C15H22N2O. The van der Waals surface area contributed by atoms with Gasteiger partial charge in [-0.2, -0.15) is 0 Å². The highest BCUT2D eigenvalue weighted by Crippen LogP contribution is 2.43. The van der Waals surface area contributed by atoms with Gasteiger partial charge >= 0.3 is 0 Å². The third-order valence-electron chi connectivity index (χ3n) is 4.30. The Balaban J connectivity index is 2.41. The Kier molecular flexibility index (Phi) is 3.42. The van der Waals surface area contributed by atoms with Crippen LogP contribution in [0.15, 0.2) is 18.3 Å². The number of pyridine rings is 1. The number of amides is 1. The van der Waals surface area contributed by atoms with E-state index in [2.05, 4.69) is 18.8 Å². The van der Waals surface area contributed by atoms with Crippen LogP contribution in [0.3, 0.4) is 0 Å². The molecule has 0 saturated carbocycles. The van der Waals surface area contributed by atoms with Crippen molar-refractivity contribution in [3.63, 3.8) is 0 Å². The summed E-state index contributed by atoms with van der Waals surface area (Å²) in [5.74, 6) is 0.767. The van der Waals surface area contributed by atoms with Gasteiger partial charge in [0.25, 0.3) is 0 Å². The molecule has 0 aromatic carbocycles. The Hall–Kier alpha value is -1.38. The van der Waals surface area contributed by atoms with Crippen molar-refractivity contribution in [2.24, 2.45) is 5.92 Å². The van der Waals surface area contributed by atoms with E-state index in [9.17, 15) is 4.79 Å². The monoisotopic (exact) mass is 246 g/mol. The lowest BCUT2D eigenvalue weighted by atomic mass is 9.77. The molecule has 1 aromatic rings. The summed E-state index contributed by atoms with van der Waals surface area (Å²) in [6.45, 7) is 6.43. The number of aromatic nitrogens is 1. The van der Waals surface area contributed by atoms with Crippen molar-refractivity contribution in [1.82, 2.24) is 4.98 Å². The van der Waals surface area contributed by atoms with Crippen LogP contribution in [-0.2, 0) is 10.2 Å². The van der Waals surface area contributed by atoms with Crippen molar-refractivity contribution in [2.75, 3.05) is 11.9 Å². The van der Waals surface area contributed by atoms with Crippen LogP contribution in [0.5, 0.6) is 0 Å². The molecule has 2 rings (SSSR count). The van der Waals surface area contributed by atoms with E-state index in [0.717, 1.165) is 30.6 Å². The van der Waals surface area contributed by atoms with Gasteiger partial charge in [0.05, 0.1) is 16.8 Å². The highest BCUT2D eigenvalue weighted by Gasteiger charge is 2.47. The Labute approximate surface area is 109 Å². The largest absolute Gasteiger partial charge is 0.313 e. The summed E-state index contributed by atoms with van der Waals surface area (Å²) in [6.07, 6.45) is 4.92. The van der Waals surface area contributed by atoms with Crippen molar-refractivity contribution in [2.45, 2.75) is 45.4 Å². The number of nitrogens with zero attached hydrogens (tertiary/aromatic N) is 2. The predicted octanol–water partition coefficient (Wildman–Crippen LogP) is 3.14. The predicted molar refractivity (Wildman–Crippen MR) is 73.7 cm³/mol. The smallest absolute Gasteiger partial charge is 0.238 e. The van der Waals surface area contributed by atoms with Gasteiger partial charge in [0.2, 0.25) is 5.91 Å². The van der Waals surface area contributed by atoms with Crippen LogP contribution < -0.4 is 4.90 Å². The van der Waals surface area contributed by atoms with Gasteiger partial charge in [-0.05, 0) is 31.4 Å². The quantitative estimate of drug-likeness (QED) is 0.817. The van der Waals surface area contributed by atoms with Crippen molar-refractivity contribution in [3.8, 4) is 0 Å². The molecule has 1 atom stereocenters. The molecular weight excluding hydrogens is 224 g/mol. The van der Waals surface area contributed by atoms with E-state index in [-0.39, 0.29) is 5.91 Å². The number of hydrogen-bond acceptors (Lipinski definition) is 2. The summed E-state index contributed by atoms with van der Waals surface area (Å²) in [6, 6.07) is 3.88. The number of fused-ring (bicyclic) bond motifs is 1. The van der Waals surface area contributed by atoms with Crippen molar-refractivity contribution >= 4 is 11.6 Å². The van der Waals surface area contributed by atoms with Gasteiger partial charge < -0.3 is 4.90 Å². The van der Waals surface area contributed by atoms with E-state index < -0.39 is 5.41 Å². The molecule has 0 saturated heterocycles. The molecule has 3 heteroatoms. The third kappa shape index (κ3) is 1.82. The van der Waals surface area contributed by atoms with Crippen molar-refractivity contribution in [3.05, 3.63) is 24.0 Å². The van der Waals surface area contributed by atoms with Gasteiger partial charge in [0.1, 0.15) is 0 Å². The summed E-state index contributed by atoms with van der Waals surface area (Å²) in [4.78, 5) is 18.8. The second-order valence-corrected chi connectivity index (χ2v) is 5.45. The van der Waals surface area contributed by atoms with Crippen molar-refractivity contribution < 1.29 is 4.79 Å². The summed E-state index contributed by atoms with van der Waals surface area (Å²) in [5, 5.41) is 0. The summed E-state index contributed by atoms with van der Waals surface area (Å²) < 4.78 is 0. The first-order chi connectivity index (χ1) is 8.54. The second kappa shape index (κ2) is 4.71. The van der Waals surface area contributed by atoms with Crippen LogP contribution in [0.1, 0.15) is 45.7 Å². The van der Waals surface area contributed by atoms with Gasteiger partial charge in [0, 0.05) is 13.2 Å². The molecule has 98 valence electrons. The Bertz CT molecular complexity index is 454. The number of anilines is 1. The summed E-state index contributed by atoms with van der Waals surface area (Å²) >= 11 is 0. The first kappa shape index (κ1) is 13.1. The molecule has 0 N–H and O–H groups in total. The lowest BCUT2D eigenvalue weighted by molar-refractivity contribution is -0.123. The van der Waals surface area contributed by atoms with E-state index >= 15 is 0 Å².